The van der Waals surface area contributed by atoms with Crippen molar-refractivity contribution in [3.05, 3.63) is 59.2 Å². The number of hydrogen-bond acceptors (Lipinski definition) is 3. The summed E-state index contributed by atoms with van der Waals surface area (Å²) in [6, 6.07) is 13.1. The fourth-order valence-electron chi connectivity index (χ4n) is 2.22. The molecule has 0 aliphatic heterocycles. The number of nitrogens with one attached hydrogen (secondary N) is 1. The lowest BCUT2D eigenvalue weighted by molar-refractivity contribution is 0.102. The van der Waals surface area contributed by atoms with Crippen molar-refractivity contribution in [2.45, 2.75) is 20.5 Å². The van der Waals surface area contributed by atoms with Gasteiger partial charge in [-0.1, -0.05) is 12.1 Å². The fourth-order valence-corrected chi connectivity index (χ4v) is 2.22. The van der Waals surface area contributed by atoms with E-state index in [1.807, 2.05) is 50.2 Å². The smallest absolute Gasteiger partial charge is 0.255 e. The van der Waals surface area contributed by atoms with E-state index in [9.17, 15) is 4.79 Å². The van der Waals surface area contributed by atoms with Crippen LogP contribution in [0.4, 0.5) is 5.69 Å². The molecule has 0 atom stereocenters. The average Bonchev–Trinajstić information content (AvgIpc) is 2.50. The Hall–Kier alpha value is -2.33. The van der Waals surface area contributed by atoms with Gasteiger partial charge >= 0.3 is 0 Å². The van der Waals surface area contributed by atoms with Gasteiger partial charge in [0.1, 0.15) is 5.75 Å². The first kappa shape index (κ1) is 16.0. The lowest BCUT2D eigenvalue weighted by Crippen LogP contribution is -2.12. The maximum atomic E-state index is 12.3. The zero-order valence-corrected chi connectivity index (χ0v) is 13.2. The van der Waals surface area contributed by atoms with Crippen LogP contribution in [0.3, 0.4) is 0 Å². The molecule has 1 N–H and O–H groups in total. The van der Waals surface area contributed by atoms with Crippen LogP contribution in [0.25, 0.3) is 0 Å². The minimum absolute atomic E-state index is 0.138. The van der Waals surface area contributed by atoms with E-state index >= 15 is 0 Å². The third kappa shape index (κ3) is 4.09. The summed E-state index contributed by atoms with van der Waals surface area (Å²) in [6.45, 7) is 5.00. The number of ether oxygens (including phenoxy) is 2. The van der Waals surface area contributed by atoms with Crippen molar-refractivity contribution in [2.24, 2.45) is 0 Å². The molecule has 22 heavy (non-hydrogen) atoms. The van der Waals surface area contributed by atoms with Crippen LogP contribution in [0.15, 0.2) is 42.5 Å². The summed E-state index contributed by atoms with van der Waals surface area (Å²) in [5, 5.41) is 2.90. The Morgan fingerprint density at radius 2 is 2.00 bits per heavy atom. The molecule has 0 spiro atoms. The summed E-state index contributed by atoms with van der Waals surface area (Å²) < 4.78 is 10.6. The Bertz CT molecular complexity index is 653. The van der Waals surface area contributed by atoms with Crippen LogP contribution in [0.1, 0.15) is 28.4 Å². The minimum Gasteiger partial charge on any atom is -0.494 e. The molecule has 0 bridgehead atoms. The number of rotatable bonds is 6. The van der Waals surface area contributed by atoms with E-state index in [2.05, 4.69) is 5.32 Å². The Labute approximate surface area is 131 Å². The molecule has 4 nitrogen and oxygen atoms in total. The Kier molecular flexibility index (Phi) is 5.55. The van der Waals surface area contributed by atoms with E-state index in [0.717, 1.165) is 22.6 Å². The Balaban J connectivity index is 2.12. The summed E-state index contributed by atoms with van der Waals surface area (Å²) in [7, 11) is 1.65. The highest BCUT2D eigenvalue weighted by atomic mass is 16.5. The molecule has 0 heterocycles. The van der Waals surface area contributed by atoms with E-state index in [1.165, 1.54) is 0 Å². The molecule has 1 amide bonds. The average molecular weight is 299 g/mol. The van der Waals surface area contributed by atoms with E-state index in [4.69, 9.17) is 9.47 Å². The highest BCUT2D eigenvalue weighted by Gasteiger charge is 2.09. The van der Waals surface area contributed by atoms with Gasteiger partial charge in [0.25, 0.3) is 5.91 Å². The van der Waals surface area contributed by atoms with Crippen LogP contribution >= 0.6 is 0 Å². The summed E-state index contributed by atoms with van der Waals surface area (Å²) in [5.74, 6) is 0.668. The van der Waals surface area contributed by atoms with Crippen molar-refractivity contribution in [3.63, 3.8) is 0 Å². The Morgan fingerprint density at radius 1 is 1.18 bits per heavy atom. The first-order chi connectivity index (χ1) is 10.6. The molecule has 116 valence electrons. The second-order valence-corrected chi connectivity index (χ2v) is 5.00. The minimum atomic E-state index is -0.138. The number of methoxy groups -OCH3 is 1. The van der Waals surface area contributed by atoms with Crippen molar-refractivity contribution >= 4 is 11.6 Å². The number of carbonyl (C=O) groups is 1. The van der Waals surface area contributed by atoms with Gasteiger partial charge in [0, 0.05) is 18.4 Å². The fraction of sp³-hybridized carbons (Fsp3) is 0.278. The van der Waals surface area contributed by atoms with Gasteiger partial charge in [0.05, 0.1) is 13.2 Å². The lowest BCUT2D eigenvalue weighted by Gasteiger charge is -2.10. The molecule has 4 heteroatoms. The predicted octanol–water partition coefficient (Wildman–Crippen LogP) is 3.79. The molecule has 2 rings (SSSR count). The number of hydrogen-bond donors (Lipinski definition) is 1. The van der Waals surface area contributed by atoms with Gasteiger partial charge in [0.2, 0.25) is 0 Å². The van der Waals surface area contributed by atoms with Crippen molar-refractivity contribution in [1.82, 2.24) is 0 Å². The first-order valence-electron chi connectivity index (χ1n) is 7.26. The van der Waals surface area contributed by atoms with Gasteiger partial charge in [-0.3, -0.25) is 4.79 Å². The zero-order valence-electron chi connectivity index (χ0n) is 13.2. The van der Waals surface area contributed by atoms with Gasteiger partial charge in [-0.15, -0.1) is 0 Å². The van der Waals surface area contributed by atoms with E-state index < -0.39 is 0 Å². The molecule has 0 aromatic heterocycles. The number of carbonyl (C=O) groups excluding carboxylic acids is 1. The highest BCUT2D eigenvalue weighted by molar-refractivity contribution is 6.04. The van der Waals surface area contributed by atoms with E-state index in [-0.39, 0.29) is 5.91 Å². The van der Waals surface area contributed by atoms with Crippen LogP contribution in [0, 0.1) is 6.92 Å². The molecule has 2 aromatic carbocycles. The molecule has 0 unspecified atom stereocenters. The molecule has 0 saturated carbocycles. The van der Waals surface area contributed by atoms with Crippen LogP contribution in [0.5, 0.6) is 5.75 Å². The van der Waals surface area contributed by atoms with Gasteiger partial charge in [-0.05, 0) is 55.3 Å². The van der Waals surface area contributed by atoms with Crippen molar-refractivity contribution < 1.29 is 14.3 Å². The van der Waals surface area contributed by atoms with E-state index in [0.29, 0.717) is 18.8 Å². The zero-order chi connectivity index (χ0) is 15.9. The largest absolute Gasteiger partial charge is 0.494 e. The second-order valence-electron chi connectivity index (χ2n) is 5.00. The number of benzene rings is 2. The van der Waals surface area contributed by atoms with Crippen molar-refractivity contribution in [1.29, 1.82) is 0 Å². The first-order valence-corrected chi connectivity index (χ1v) is 7.26. The molecular formula is C18H21NO3. The van der Waals surface area contributed by atoms with Gasteiger partial charge < -0.3 is 14.8 Å². The van der Waals surface area contributed by atoms with Gasteiger partial charge in [-0.25, -0.2) is 0 Å². The molecule has 0 fully saturated rings. The van der Waals surface area contributed by atoms with Gasteiger partial charge in [-0.2, -0.15) is 0 Å². The molecule has 0 saturated heterocycles. The summed E-state index contributed by atoms with van der Waals surface area (Å²) >= 11 is 0. The van der Waals surface area contributed by atoms with Gasteiger partial charge in [0.15, 0.2) is 0 Å². The topological polar surface area (TPSA) is 47.6 Å². The number of amides is 1. The maximum absolute atomic E-state index is 12.3. The quantitative estimate of drug-likeness (QED) is 0.882. The normalized spacial score (nSPS) is 10.3. The van der Waals surface area contributed by atoms with Crippen LogP contribution in [0.2, 0.25) is 0 Å². The molecule has 2 aromatic rings. The Morgan fingerprint density at radius 3 is 2.68 bits per heavy atom. The third-order valence-electron chi connectivity index (χ3n) is 3.23. The summed E-state index contributed by atoms with van der Waals surface area (Å²) in [6.07, 6.45) is 0. The highest BCUT2D eigenvalue weighted by Crippen LogP contribution is 2.20. The number of aryl methyl sites for hydroxylation is 1. The van der Waals surface area contributed by atoms with Crippen molar-refractivity contribution in [2.75, 3.05) is 19.0 Å². The third-order valence-corrected chi connectivity index (χ3v) is 3.23. The summed E-state index contributed by atoms with van der Waals surface area (Å²) in [5.41, 5.74) is 3.33. The maximum Gasteiger partial charge on any atom is 0.255 e. The SMILES string of the molecule is CCOc1ccc(C(=O)Nc2cccc(COC)c2)cc1C. The second kappa shape index (κ2) is 7.61. The molecule has 0 aliphatic carbocycles. The van der Waals surface area contributed by atoms with Crippen LogP contribution < -0.4 is 10.1 Å². The standard InChI is InChI=1S/C18H21NO3/c1-4-22-17-9-8-15(10-13(17)2)18(20)19-16-7-5-6-14(11-16)12-21-3/h5-11H,4,12H2,1-3H3,(H,19,20). The van der Waals surface area contributed by atoms with Crippen molar-refractivity contribution in [3.8, 4) is 5.75 Å². The van der Waals surface area contributed by atoms with Crippen LogP contribution in [-0.2, 0) is 11.3 Å². The predicted molar refractivity (Wildman–Crippen MR) is 87.5 cm³/mol. The molecular weight excluding hydrogens is 278 g/mol. The van der Waals surface area contributed by atoms with E-state index in [1.54, 1.807) is 13.2 Å². The molecule has 0 radical (unpaired) electrons. The lowest BCUT2D eigenvalue weighted by atomic mass is 10.1. The van der Waals surface area contributed by atoms with Crippen LogP contribution in [-0.4, -0.2) is 19.6 Å². The summed E-state index contributed by atoms with van der Waals surface area (Å²) in [4.78, 5) is 12.3. The number of anilines is 1. The molecule has 0 aliphatic rings. The monoisotopic (exact) mass is 299 g/mol.